The molecular weight excluding hydrogens is 568 g/mol. The van der Waals surface area contributed by atoms with Crippen LogP contribution >= 0.6 is 0 Å². The van der Waals surface area contributed by atoms with Crippen molar-refractivity contribution in [1.82, 2.24) is 0 Å². The molecule has 15 nitrogen and oxygen atoms in total. The van der Waals surface area contributed by atoms with Gasteiger partial charge < -0.3 is 32.8 Å². The standard InChI is InChI=1S/C28H32N4O11/c33-31(34)19-4-5-21(23(16-19)32(35)36)29-30-22-2-1-3-24-28(22)20-17-26-27(18-25(20)43-24)42-15-13-40-11-9-38-7-6-37-8-10-39-12-14-41-26/h4-5,16-18,29H,1-3,6-15H2. The summed E-state index contributed by atoms with van der Waals surface area (Å²) in [5.41, 5.74) is 3.91. The SMILES string of the molecule is O=[N+]([O-])c1ccc(NN=C2CCCc3oc4cc5c(cc4c32)OCCOCCOCCOCCOCCO5)c([N+](=O)[O-])c1. The van der Waals surface area contributed by atoms with Crippen LogP contribution in [0, 0.1) is 20.2 Å². The van der Waals surface area contributed by atoms with Crippen molar-refractivity contribution in [3.63, 3.8) is 0 Å². The van der Waals surface area contributed by atoms with Crippen LogP contribution in [-0.4, -0.2) is 81.6 Å². The fraction of sp³-hybridized carbons (Fsp3) is 0.464. The molecule has 0 fully saturated rings. The first-order valence-electron chi connectivity index (χ1n) is 13.9. The van der Waals surface area contributed by atoms with Crippen LogP contribution in [0.2, 0.25) is 0 Å². The third-order valence-corrected chi connectivity index (χ3v) is 6.72. The lowest BCUT2D eigenvalue weighted by Crippen LogP contribution is -2.16. The number of non-ortho nitro benzene ring substituents is 1. The molecule has 0 bridgehead atoms. The number of nitrogens with one attached hydrogen (secondary N) is 1. The van der Waals surface area contributed by atoms with Crippen molar-refractivity contribution in [2.45, 2.75) is 19.3 Å². The molecule has 0 saturated carbocycles. The Morgan fingerprint density at radius 1 is 0.721 bits per heavy atom. The van der Waals surface area contributed by atoms with Gasteiger partial charge in [-0.05, 0) is 25.0 Å². The van der Waals surface area contributed by atoms with Crippen LogP contribution in [0.4, 0.5) is 17.1 Å². The van der Waals surface area contributed by atoms with Gasteiger partial charge in [-0.15, -0.1) is 0 Å². The van der Waals surface area contributed by atoms with Crippen LogP contribution in [0.3, 0.4) is 0 Å². The number of fused-ring (bicyclic) bond motifs is 4. The van der Waals surface area contributed by atoms with Crippen molar-refractivity contribution in [1.29, 1.82) is 0 Å². The van der Waals surface area contributed by atoms with Gasteiger partial charge in [0.1, 0.15) is 30.2 Å². The molecule has 0 amide bonds. The highest BCUT2D eigenvalue weighted by atomic mass is 16.6. The van der Waals surface area contributed by atoms with E-state index in [1.165, 1.54) is 12.1 Å². The molecule has 2 aromatic carbocycles. The van der Waals surface area contributed by atoms with E-state index in [1.54, 1.807) is 6.07 Å². The summed E-state index contributed by atoms with van der Waals surface area (Å²) in [6.07, 6.45) is 2.02. The van der Waals surface area contributed by atoms with E-state index in [1.807, 2.05) is 6.07 Å². The van der Waals surface area contributed by atoms with E-state index in [4.69, 9.17) is 32.8 Å². The number of furan rings is 1. The molecule has 1 aromatic heterocycles. The summed E-state index contributed by atoms with van der Waals surface area (Å²) in [6, 6.07) is 6.95. The molecular formula is C28H32N4O11. The molecule has 0 radical (unpaired) electrons. The van der Waals surface area contributed by atoms with Gasteiger partial charge in [-0.25, -0.2) is 0 Å². The molecule has 43 heavy (non-hydrogen) atoms. The highest BCUT2D eigenvalue weighted by Gasteiger charge is 2.26. The fourth-order valence-electron chi connectivity index (χ4n) is 4.72. The number of anilines is 1. The average molecular weight is 601 g/mol. The van der Waals surface area contributed by atoms with Crippen LogP contribution in [-0.2, 0) is 25.4 Å². The Kier molecular flexibility index (Phi) is 10.3. The third-order valence-electron chi connectivity index (χ3n) is 6.72. The van der Waals surface area contributed by atoms with Crippen molar-refractivity contribution in [2.24, 2.45) is 5.10 Å². The maximum Gasteiger partial charge on any atom is 0.301 e. The van der Waals surface area contributed by atoms with Crippen molar-refractivity contribution >= 4 is 33.7 Å². The average Bonchev–Trinajstić information content (AvgIpc) is 3.37. The Morgan fingerprint density at radius 3 is 1.93 bits per heavy atom. The van der Waals surface area contributed by atoms with Crippen LogP contribution < -0.4 is 14.9 Å². The minimum Gasteiger partial charge on any atom is -0.487 e. The van der Waals surface area contributed by atoms with Gasteiger partial charge in [-0.1, -0.05) is 0 Å². The Morgan fingerprint density at radius 2 is 1.33 bits per heavy atom. The second-order valence-electron chi connectivity index (χ2n) is 9.58. The molecule has 3 aromatic rings. The van der Waals surface area contributed by atoms with Crippen molar-refractivity contribution in [3.05, 3.63) is 61.9 Å². The number of nitrogens with zero attached hydrogens (tertiary/aromatic N) is 3. The number of hydrogen-bond donors (Lipinski definition) is 1. The Hall–Kier alpha value is -4.31. The van der Waals surface area contributed by atoms with E-state index in [9.17, 15) is 20.2 Å². The van der Waals surface area contributed by atoms with Gasteiger partial charge in [0.15, 0.2) is 11.5 Å². The van der Waals surface area contributed by atoms with Gasteiger partial charge in [-0.2, -0.15) is 5.10 Å². The molecule has 1 aliphatic heterocycles. The Bertz CT molecular complexity index is 1470. The summed E-state index contributed by atoms with van der Waals surface area (Å²) in [5.74, 6) is 1.70. The number of ether oxygens (including phenoxy) is 6. The zero-order chi connectivity index (χ0) is 30.0. The monoisotopic (exact) mass is 600 g/mol. The number of aryl methyl sites for hydroxylation is 1. The van der Waals surface area contributed by atoms with E-state index in [-0.39, 0.29) is 24.6 Å². The zero-order valence-corrected chi connectivity index (χ0v) is 23.4. The van der Waals surface area contributed by atoms with Crippen molar-refractivity contribution in [3.8, 4) is 11.5 Å². The van der Waals surface area contributed by atoms with Gasteiger partial charge in [0, 0.05) is 29.5 Å². The first kappa shape index (κ1) is 30.2. The molecule has 5 rings (SSSR count). The lowest BCUT2D eigenvalue weighted by molar-refractivity contribution is -0.393. The largest absolute Gasteiger partial charge is 0.487 e. The van der Waals surface area contributed by atoms with Crippen molar-refractivity contribution in [2.75, 3.05) is 71.5 Å². The minimum atomic E-state index is -0.690. The van der Waals surface area contributed by atoms with Crippen LogP contribution in [0.5, 0.6) is 11.5 Å². The molecule has 2 heterocycles. The van der Waals surface area contributed by atoms with E-state index in [0.717, 1.165) is 29.2 Å². The summed E-state index contributed by atoms with van der Waals surface area (Å²) < 4.78 is 40.4. The summed E-state index contributed by atoms with van der Waals surface area (Å²) in [4.78, 5) is 21.3. The molecule has 15 heteroatoms. The number of hydrogen-bond acceptors (Lipinski definition) is 13. The highest BCUT2D eigenvalue weighted by Crippen LogP contribution is 2.39. The first-order valence-corrected chi connectivity index (χ1v) is 13.9. The highest BCUT2D eigenvalue weighted by molar-refractivity contribution is 6.12. The van der Waals surface area contributed by atoms with Gasteiger partial charge in [0.25, 0.3) is 5.69 Å². The fourth-order valence-corrected chi connectivity index (χ4v) is 4.72. The first-order chi connectivity index (χ1) is 21.0. The molecule has 230 valence electrons. The molecule has 2 aliphatic rings. The number of nitro benzene ring substituents is 2. The van der Waals surface area contributed by atoms with Gasteiger partial charge in [0.2, 0.25) is 0 Å². The number of nitro groups is 2. The lowest BCUT2D eigenvalue weighted by atomic mass is 9.94. The number of rotatable bonds is 4. The summed E-state index contributed by atoms with van der Waals surface area (Å²) >= 11 is 0. The number of hydrazone groups is 1. The third kappa shape index (κ3) is 7.75. The van der Waals surface area contributed by atoms with Gasteiger partial charge in [-0.3, -0.25) is 25.7 Å². The molecule has 1 aliphatic carbocycles. The second-order valence-corrected chi connectivity index (χ2v) is 9.58. The van der Waals surface area contributed by atoms with Gasteiger partial charge >= 0.3 is 5.69 Å². The van der Waals surface area contributed by atoms with Crippen LogP contribution in [0.15, 0.2) is 39.9 Å². The van der Waals surface area contributed by atoms with E-state index >= 15 is 0 Å². The Labute approximate surface area is 245 Å². The molecule has 0 atom stereocenters. The quantitative estimate of drug-likeness (QED) is 0.333. The predicted molar refractivity (Wildman–Crippen MR) is 153 cm³/mol. The maximum atomic E-state index is 11.6. The predicted octanol–water partition coefficient (Wildman–Crippen LogP) is 4.24. The molecule has 0 saturated heterocycles. The van der Waals surface area contributed by atoms with Crippen LogP contribution in [0.1, 0.15) is 24.2 Å². The number of benzene rings is 2. The smallest absolute Gasteiger partial charge is 0.301 e. The van der Waals surface area contributed by atoms with Gasteiger partial charge in [0.05, 0.1) is 74.5 Å². The maximum absolute atomic E-state index is 11.6. The van der Waals surface area contributed by atoms with E-state index < -0.39 is 15.5 Å². The second kappa shape index (κ2) is 14.7. The summed E-state index contributed by atoms with van der Waals surface area (Å²) in [5, 5.41) is 27.9. The molecule has 1 N–H and O–H groups in total. The van der Waals surface area contributed by atoms with Crippen molar-refractivity contribution < 1.29 is 42.7 Å². The topological polar surface area (TPSA) is 179 Å². The van der Waals surface area contributed by atoms with E-state index in [2.05, 4.69) is 10.5 Å². The lowest BCUT2D eigenvalue weighted by Gasteiger charge is -2.15. The van der Waals surface area contributed by atoms with E-state index in [0.29, 0.717) is 88.5 Å². The summed E-state index contributed by atoms with van der Waals surface area (Å²) in [7, 11) is 0. The Balaban J connectivity index is 1.41. The molecule has 0 spiro atoms. The zero-order valence-electron chi connectivity index (χ0n) is 23.4. The van der Waals surface area contributed by atoms with Crippen LogP contribution in [0.25, 0.3) is 11.0 Å². The molecule has 0 unspecified atom stereocenters. The normalized spacial score (nSPS) is 18.4. The minimum absolute atomic E-state index is 0.0351. The summed E-state index contributed by atoms with van der Waals surface area (Å²) in [6.45, 7) is 3.96.